The molecule has 144 valence electrons. The van der Waals surface area contributed by atoms with Crippen LogP contribution >= 0.6 is 0 Å². The summed E-state index contributed by atoms with van der Waals surface area (Å²) in [5.74, 6) is -1.77. The second-order valence-corrected chi connectivity index (χ2v) is 6.32. The lowest BCUT2D eigenvalue weighted by Gasteiger charge is -2.38. The van der Waals surface area contributed by atoms with E-state index in [0.29, 0.717) is 18.5 Å². The lowest BCUT2D eigenvalue weighted by Crippen LogP contribution is -2.48. The molecule has 1 fully saturated rings. The molecule has 1 amide bonds. The van der Waals surface area contributed by atoms with Crippen molar-refractivity contribution in [2.45, 2.75) is 19.4 Å². The van der Waals surface area contributed by atoms with Gasteiger partial charge in [0.2, 0.25) is 5.91 Å². The Hall–Kier alpha value is -2.06. The molecule has 1 heterocycles. The molecule has 26 heavy (non-hydrogen) atoms. The first-order valence-corrected chi connectivity index (χ1v) is 8.65. The number of carbonyl (C=O) groups excluding carboxylic acids is 2. The van der Waals surface area contributed by atoms with Crippen LogP contribution in [0.3, 0.4) is 0 Å². The molecule has 8 heteroatoms. The number of nitrogens with one attached hydrogen (secondary N) is 1. The van der Waals surface area contributed by atoms with Gasteiger partial charge < -0.3 is 15.0 Å². The van der Waals surface area contributed by atoms with Gasteiger partial charge >= 0.3 is 5.97 Å². The predicted octanol–water partition coefficient (Wildman–Crippen LogP) is 1.32. The van der Waals surface area contributed by atoms with Gasteiger partial charge in [0, 0.05) is 56.8 Å². The fraction of sp³-hybridized carbons (Fsp3) is 0.556. The lowest BCUT2D eigenvalue weighted by molar-refractivity contribution is -0.141. The monoisotopic (exact) mass is 369 g/mol. The Morgan fingerprint density at radius 3 is 2.54 bits per heavy atom. The molecule has 1 saturated heterocycles. The van der Waals surface area contributed by atoms with Crippen LogP contribution in [-0.2, 0) is 14.3 Å². The van der Waals surface area contributed by atoms with Gasteiger partial charge in [0.25, 0.3) is 0 Å². The van der Waals surface area contributed by atoms with Gasteiger partial charge in [0.1, 0.15) is 18.2 Å². The highest BCUT2D eigenvalue weighted by Gasteiger charge is 2.24. The van der Waals surface area contributed by atoms with Gasteiger partial charge in [-0.3, -0.25) is 14.5 Å². The van der Waals surface area contributed by atoms with Crippen molar-refractivity contribution in [2.75, 3.05) is 46.4 Å². The average Bonchev–Trinajstić information content (AvgIpc) is 2.64. The summed E-state index contributed by atoms with van der Waals surface area (Å²) in [4.78, 5) is 27.0. The maximum atomic E-state index is 13.9. The van der Waals surface area contributed by atoms with Crippen molar-refractivity contribution in [1.29, 1.82) is 0 Å². The molecule has 1 atom stereocenters. The highest BCUT2D eigenvalue weighted by Crippen LogP contribution is 2.24. The Morgan fingerprint density at radius 2 is 1.92 bits per heavy atom. The number of rotatable bonds is 7. The lowest BCUT2D eigenvalue weighted by atomic mass is 10.1. The molecular weight excluding hydrogens is 344 g/mol. The highest BCUT2D eigenvalue weighted by atomic mass is 19.1. The Labute approximate surface area is 152 Å². The van der Waals surface area contributed by atoms with Crippen LogP contribution in [0.15, 0.2) is 18.2 Å². The number of hydrogen-bond donors (Lipinski definition) is 1. The van der Waals surface area contributed by atoms with Crippen LogP contribution in [0.5, 0.6) is 0 Å². The summed E-state index contributed by atoms with van der Waals surface area (Å²) in [5.41, 5.74) is 0.488. The van der Waals surface area contributed by atoms with Gasteiger partial charge in [-0.1, -0.05) is 6.07 Å². The van der Waals surface area contributed by atoms with Gasteiger partial charge in [0.05, 0.1) is 7.11 Å². The molecular formula is C18H25F2N3O3. The van der Waals surface area contributed by atoms with Crippen LogP contribution in [0.2, 0.25) is 0 Å². The average molecular weight is 369 g/mol. The first-order valence-electron chi connectivity index (χ1n) is 8.65. The summed E-state index contributed by atoms with van der Waals surface area (Å²) in [5, 5.41) is 2.51. The molecule has 1 aromatic rings. The van der Waals surface area contributed by atoms with E-state index in [1.165, 1.54) is 19.2 Å². The maximum Gasteiger partial charge on any atom is 0.325 e. The van der Waals surface area contributed by atoms with E-state index in [-0.39, 0.29) is 18.5 Å². The summed E-state index contributed by atoms with van der Waals surface area (Å²) in [6.07, 6.45) is 0.305. The predicted molar refractivity (Wildman–Crippen MR) is 92.4 cm³/mol. The molecule has 1 aliphatic rings. The first-order chi connectivity index (χ1) is 12.4. The van der Waals surface area contributed by atoms with E-state index in [4.69, 9.17) is 0 Å². The number of halogens is 2. The normalized spacial score (nSPS) is 16.9. The molecule has 0 aliphatic carbocycles. The van der Waals surface area contributed by atoms with E-state index < -0.39 is 17.6 Å². The third-order valence-corrected chi connectivity index (χ3v) is 4.68. The van der Waals surface area contributed by atoms with Crippen LogP contribution < -0.4 is 5.32 Å². The second kappa shape index (κ2) is 9.59. The van der Waals surface area contributed by atoms with Crippen molar-refractivity contribution in [2.24, 2.45) is 0 Å². The standard InChI is InChI=1S/C18H25F2N3O3/c1-13(15-4-3-14(19)11-16(15)20)23-9-7-22(8-10-23)6-5-17(24)21-12-18(25)26-2/h3-4,11,13H,5-10,12H2,1-2H3,(H,21,24)/t13-/m0/s1. The number of nitrogens with zero attached hydrogens (tertiary/aromatic N) is 2. The number of piperazine rings is 1. The summed E-state index contributed by atoms with van der Waals surface area (Å²) in [6.45, 7) is 5.38. The molecule has 1 aromatic carbocycles. The smallest absolute Gasteiger partial charge is 0.325 e. The minimum atomic E-state index is -0.575. The summed E-state index contributed by atoms with van der Waals surface area (Å²) < 4.78 is 31.5. The van der Waals surface area contributed by atoms with Crippen molar-refractivity contribution in [3.63, 3.8) is 0 Å². The molecule has 0 spiro atoms. The zero-order valence-corrected chi connectivity index (χ0v) is 15.1. The second-order valence-electron chi connectivity index (χ2n) is 6.32. The maximum absolute atomic E-state index is 13.9. The van der Waals surface area contributed by atoms with Crippen LogP contribution in [0.4, 0.5) is 8.78 Å². The van der Waals surface area contributed by atoms with Crippen molar-refractivity contribution in [1.82, 2.24) is 15.1 Å². The third kappa shape index (κ3) is 5.74. The zero-order valence-electron chi connectivity index (χ0n) is 15.1. The van der Waals surface area contributed by atoms with Crippen molar-refractivity contribution in [3.05, 3.63) is 35.4 Å². The summed E-state index contributed by atoms with van der Waals surface area (Å²) >= 11 is 0. The van der Waals surface area contributed by atoms with Crippen LogP contribution in [-0.4, -0.2) is 68.1 Å². The van der Waals surface area contributed by atoms with Gasteiger partial charge in [-0.25, -0.2) is 8.78 Å². The van der Waals surface area contributed by atoms with Crippen molar-refractivity contribution >= 4 is 11.9 Å². The van der Waals surface area contributed by atoms with Gasteiger partial charge in [0.15, 0.2) is 0 Å². The van der Waals surface area contributed by atoms with Crippen LogP contribution in [0.25, 0.3) is 0 Å². The molecule has 1 N–H and O–H groups in total. The number of esters is 1. The zero-order chi connectivity index (χ0) is 19.1. The molecule has 1 aliphatic heterocycles. The fourth-order valence-electron chi connectivity index (χ4n) is 3.00. The molecule has 0 bridgehead atoms. The number of carbonyl (C=O) groups is 2. The molecule has 0 radical (unpaired) electrons. The minimum Gasteiger partial charge on any atom is -0.468 e. The molecule has 6 nitrogen and oxygen atoms in total. The Kier molecular flexibility index (Phi) is 7.47. The van der Waals surface area contributed by atoms with Crippen LogP contribution in [0, 0.1) is 11.6 Å². The Morgan fingerprint density at radius 1 is 1.23 bits per heavy atom. The van der Waals surface area contributed by atoms with E-state index in [2.05, 4.69) is 19.9 Å². The van der Waals surface area contributed by atoms with Gasteiger partial charge in [-0.05, 0) is 13.0 Å². The number of hydrogen-bond acceptors (Lipinski definition) is 5. The van der Waals surface area contributed by atoms with Crippen molar-refractivity contribution in [3.8, 4) is 0 Å². The number of amides is 1. The molecule has 2 rings (SSSR count). The first kappa shape index (κ1) is 20.3. The van der Waals surface area contributed by atoms with E-state index in [0.717, 1.165) is 32.2 Å². The Balaban J connectivity index is 1.74. The summed E-state index contributed by atoms with van der Waals surface area (Å²) in [6, 6.07) is 3.54. The number of benzene rings is 1. The highest BCUT2D eigenvalue weighted by molar-refractivity contribution is 5.81. The fourth-order valence-corrected chi connectivity index (χ4v) is 3.00. The van der Waals surface area contributed by atoms with Gasteiger partial charge in [-0.15, -0.1) is 0 Å². The van der Waals surface area contributed by atoms with E-state index in [9.17, 15) is 18.4 Å². The number of ether oxygens (including phenoxy) is 1. The number of methoxy groups -OCH3 is 1. The molecule has 0 unspecified atom stereocenters. The SMILES string of the molecule is COC(=O)CNC(=O)CCN1CCN([C@@H](C)c2ccc(F)cc2F)CC1. The van der Waals surface area contributed by atoms with Crippen molar-refractivity contribution < 1.29 is 23.1 Å². The topological polar surface area (TPSA) is 61.9 Å². The van der Waals surface area contributed by atoms with E-state index >= 15 is 0 Å². The minimum absolute atomic E-state index is 0.121. The molecule has 0 aromatic heterocycles. The van der Waals surface area contributed by atoms with E-state index in [1.54, 1.807) is 0 Å². The van der Waals surface area contributed by atoms with E-state index in [1.807, 2.05) is 6.92 Å². The summed E-state index contributed by atoms with van der Waals surface area (Å²) in [7, 11) is 1.27. The third-order valence-electron chi connectivity index (χ3n) is 4.68. The van der Waals surface area contributed by atoms with Crippen LogP contribution in [0.1, 0.15) is 24.9 Å². The van der Waals surface area contributed by atoms with Gasteiger partial charge in [-0.2, -0.15) is 0 Å². The molecule has 0 saturated carbocycles. The largest absolute Gasteiger partial charge is 0.468 e. The quantitative estimate of drug-likeness (QED) is 0.735. The Bertz CT molecular complexity index is 634.